The van der Waals surface area contributed by atoms with Crippen molar-refractivity contribution in [3.8, 4) is 0 Å². The zero-order valence-corrected chi connectivity index (χ0v) is 15.9. The largest absolute Gasteiger partial charge is 0.337 e. The molecule has 0 radical (unpaired) electrons. The Labute approximate surface area is 160 Å². The van der Waals surface area contributed by atoms with Gasteiger partial charge in [-0.1, -0.05) is 6.07 Å². The number of nitrogens with zero attached hydrogens (tertiary/aromatic N) is 3. The van der Waals surface area contributed by atoms with Crippen molar-refractivity contribution in [1.82, 2.24) is 9.88 Å². The van der Waals surface area contributed by atoms with Crippen LogP contribution in [0.4, 0.5) is 11.5 Å². The fourth-order valence-corrected chi connectivity index (χ4v) is 4.09. The minimum Gasteiger partial charge on any atom is -0.337 e. The van der Waals surface area contributed by atoms with Gasteiger partial charge < -0.3 is 10.2 Å². The molecule has 3 rings (SSSR count). The zero-order valence-electron chi connectivity index (χ0n) is 15.1. The molecular formula is C18H20N4O4S. The summed E-state index contributed by atoms with van der Waals surface area (Å²) < 4.78 is 0. The highest BCUT2D eigenvalue weighted by Gasteiger charge is 2.31. The summed E-state index contributed by atoms with van der Waals surface area (Å²) in [5.41, 5.74) is 0.767. The Hall–Kier alpha value is -2.81. The van der Waals surface area contributed by atoms with Crippen molar-refractivity contribution in [3.63, 3.8) is 0 Å². The van der Waals surface area contributed by atoms with Crippen molar-refractivity contribution in [3.05, 3.63) is 49.8 Å². The third-order valence-corrected chi connectivity index (χ3v) is 5.55. The minimum atomic E-state index is -0.482. The number of thiophene rings is 1. The molecule has 1 atom stereocenters. The molecule has 1 aliphatic rings. The maximum absolute atomic E-state index is 12.7. The Morgan fingerprint density at radius 2 is 2.15 bits per heavy atom. The lowest BCUT2D eigenvalue weighted by molar-refractivity contribution is -0.385. The molecule has 1 N–H and O–H groups in total. The van der Waals surface area contributed by atoms with Crippen LogP contribution in [0.3, 0.4) is 0 Å². The first-order valence-electron chi connectivity index (χ1n) is 8.64. The Morgan fingerprint density at radius 1 is 1.37 bits per heavy atom. The topological polar surface area (TPSA) is 105 Å². The van der Waals surface area contributed by atoms with Gasteiger partial charge in [-0.25, -0.2) is 4.98 Å². The fraction of sp³-hybridized carbons (Fsp3) is 0.389. The molecule has 0 spiro atoms. The van der Waals surface area contributed by atoms with Gasteiger partial charge in [0.25, 0.3) is 11.6 Å². The van der Waals surface area contributed by atoms with E-state index in [1.165, 1.54) is 6.07 Å². The third-order valence-electron chi connectivity index (χ3n) is 4.52. The molecule has 2 aromatic heterocycles. The van der Waals surface area contributed by atoms with E-state index in [0.717, 1.165) is 17.0 Å². The molecule has 0 aromatic carbocycles. The van der Waals surface area contributed by atoms with Gasteiger partial charge in [0.2, 0.25) is 5.91 Å². The lowest BCUT2D eigenvalue weighted by atomic mass is 9.97. The summed E-state index contributed by atoms with van der Waals surface area (Å²) in [5.74, 6) is -0.268. The number of carbonyl (C=O) groups excluding carboxylic acids is 2. The predicted octanol–water partition coefficient (Wildman–Crippen LogP) is 3.16. The van der Waals surface area contributed by atoms with Gasteiger partial charge >= 0.3 is 0 Å². The molecule has 142 valence electrons. The average molecular weight is 388 g/mol. The van der Waals surface area contributed by atoms with Gasteiger partial charge in [0.1, 0.15) is 5.82 Å². The van der Waals surface area contributed by atoms with Crippen LogP contribution in [0, 0.1) is 29.9 Å². The van der Waals surface area contributed by atoms with Gasteiger partial charge in [-0.15, -0.1) is 11.3 Å². The fourth-order valence-electron chi connectivity index (χ4n) is 3.13. The lowest BCUT2D eigenvalue weighted by Gasteiger charge is -2.31. The van der Waals surface area contributed by atoms with E-state index in [0.29, 0.717) is 41.5 Å². The Kier molecular flexibility index (Phi) is 5.50. The van der Waals surface area contributed by atoms with Crippen LogP contribution in [0.15, 0.2) is 24.3 Å². The summed E-state index contributed by atoms with van der Waals surface area (Å²) in [6.07, 6.45) is 1.39. The number of nitrogens with one attached hydrogen (secondary N) is 1. The molecule has 27 heavy (non-hydrogen) atoms. The van der Waals surface area contributed by atoms with E-state index in [2.05, 4.69) is 10.3 Å². The number of carbonyl (C=O) groups is 2. The molecule has 0 bridgehead atoms. The summed E-state index contributed by atoms with van der Waals surface area (Å²) in [5, 5.41) is 13.8. The molecular weight excluding hydrogens is 368 g/mol. The molecule has 1 aliphatic heterocycles. The molecule has 1 unspecified atom stereocenters. The van der Waals surface area contributed by atoms with Gasteiger partial charge in [-0.3, -0.25) is 19.7 Å². The maximum atomic E-state index is 12.7. The summed E-state index contributed by atoms with van der Waals surface area (Å²) >= 11 is 1.11. The monoisotopic (exact) mass is 388 g/mol. The van der Waals surface area contributed by atoms with Gasteiger partial charge in [0, 0.05) is 24.8 Å². The van der Waals surface area contributed by atoms with Crippen molar-refractivity contribution in [2.75, 3.05) is 18.4 Å². The average Bonchev–Trinajstić information content (AvgIpc) is 3.03. The molecule has 3 heterocycles. The number of nitro groups is 1. The number of hydrogen-bond donors (Lipinski definition) is 1. The normalized spacial score (nSPS) is 16.8. The highest BCUT2D eigenvalue weighted by Crippen LogP contribution is 2.30. The maximum Gasteiger partial charge on any atom is 0.283 e. The van der Waals surface area contributed by atoms with Crippen molar-refractivity contribution >= 4 is 34.7 Å². The Morgan fingerprint density at radius 3 is 2.81 bits per heavy atom. The summed E-state index contributed by atoms with van der Waals surface area (Å²) in [6.45, 7) is 4.30. The van der Waals surface area contributed by atoms with Gasteiger partial charge in [-0.05, 0) is 38.8 Å². The Bertz CT molecular complexity index is 895. The predicted molar refractivity (Wildman–Crippen MR) is 102 cm³/mol. The number of likely N-dealkylation sites (tertiary alicyclic amines) is 1. The molecule has 1 fully saturated rings. The first-order chi connectivity index (χ1) is 12.8. The van der Waals surface area contributed by atoms with E-state index in [-0.39, 0.29) is 23.4 Å². The summed E-state index contributed by atoms with van der Waals surface area (Å²) in [4.78, 5) is 42.5. The van der Waals surface area contributed by atoms with E-state index in [1.807, 2.05) is 19.1 Å². The van der Waals surface area contributed by atoms with E-state index in [4.69, 9.17) is 0 Å². The van der Waals surface area contributed by atoms with Gasteiger partial charge in [0.05, 0.1) is 20.6 Å². The number of rotatable bonds is 4. The van der Waals surface area contributed by atoms with Crippen LogP contribution >= 0.6 is 11.3 Å². The molecule has 2 aromatic rings. The van der Waals surface area contributed by atoms with E-state index in [9.17, 15) is 19.7 Å². The van der Waals surface area contributed by atoms with Gasteiger partial charge in [0.15, 0.2) is 0 Å². The van der Waals surface area contributed by atoms with Crippen molar-refractivity contribution in [1.29, 1.82) is 0 Å². The standard InChI is InChI=1S/C18H20N4O4S/c1-11-5-3-7-16(19-11)20-17(23)13-6-4-8-21(10-13)18(24)15-9-14(22(25)26)12(2)27-15/h3,5,7,9,13H,4,6,8,10H2,1-2H3,(H,19,20,23). The zero-order chi connectivity index (χ0) is 19.6. The van der Waals surface area contributed by atoms with Crippen molar-refractivity contribution in [2.24, 2.45) is 5.92 Å². The number of aromatic nitrogens is 1. The number of hydrogen-bond acceptors (Lipinski definition) is 6. The number of anilines is 1. The van der Waals surface area contributed by atoms with Crippen LogP contribution in [0.2, 0.25) is 0 Å². The molecule has 0 saturated carbocycles. The second kappa shape index (κ2) is 7.83. The van der Waals surface area contributed by atoms with Crippen LogP contribution in [-0.2, 0) is 4.79 Å². The lowest BCUT2D eigenvalue weighted by Crippen LogP contribution is -2.43. The molecule has 1 saturated heterocycles. The van der Waals surface area contributed by atoms with Crippen LogP contribution in [0.25, 0.3) is 0 Å². The van der Waals surface area contributed by atoms with Crippen molar-refractivity contribution < 1.29 is 14.5 Å². The van der Waals surface area contributed by atoms with E-state index >= 15 is 0 Å². The minimum absolute atomic E-state index is 0.0415. The molecule has 9 heteroatoms. The van der Waals surface area contributed by atoms with Crippen LogP contribution < -0.4 is 5.32 Å². The number of pyridine rings is 1. The molecule has 2 amide bonds. The smallest absolute Gasteiger partial charge is 0.283 e. The highest BCUT2D eigenvalue weighted by molar-refractivity contribution is 7.14. The second-order valence-electron chi connectivity index (χ2n) is 6.55. The van der Waals surface area contributed by atoms with E-state index in [1.54, 1.807) is 17.9 Å². The first kappa shape index (κ1) is 19.0. The molecule has 8 nitrogen and oxygen atoms in total. The summed E-state index contributed by atoms with van der Waals surface area (Å²) in [7, 11) is 0. The van der Waals surface area contributed by atoms with Crippen LogP contribution in [0.5, 0.6) is 0 Å². The molecule has 0 aliphatic carbocycles. The third kappa shape index (κ3) is 4.30. The first-order valence-corrected chi connectivity index (χ1v) is 9.45. The van der Waals surface area contributed by atoms with Crippen LogP contribution in [-0.4, -0.2) is 39.7 Å². The van der Waals surface area contributed by atoms with E-state index < -0.39 is 4.92 Å². The Balaban J connectivity index is 1.68. The SMILES string of the molecule is Cc1cccc(NC(=O)C2CCCN(C(=O)c3cc([N+](=O)[O-])c(C)s3)C2)n1. The quantitative estimate of drug-likeness (QED) is 0.640. The second-order valence-corrected chi connectivity index (χ2v) is 7.81. The number of piperidine rings is 1. The summed E-state index contributed by atoms with van der Waals surface area (Å²) in [6, 6.07) is 6.71. The van der Waals surface area contributed by atoms with Crippen molar-refractivity contribution in [2.45, 2.75) is 26.7 Å². The van der Waals surface area contributed by atoms with Crippen LogP contribution in [0.1, 0.15) is 33.1 Å². The number of amides is 2. The highest BCUT2D eigenvalue weighted by atomic mass is 32.1. The number of aryl methyl sites for hydroxylation is 2. The van der Waals surface area contributed by atoms with Gasteiger partial charge in [-0.2, -0.15) is 0 Å².